The lowest BCUT2D eigenvalue weighted by Gasteiger charge is -2.11. The summed E-state index contributed by atoms with van der Waals surface area (Å²) >= 11 is 0. The van der Waals surface area contributed by atoms with E-state index in [2.05, 4.69) is 0 Å². The van der Waals surface area contributed by atoms with E-state index in [-0.39, 0.29) is 12.8 Å². The summed E-state index contributed by atoms with van der Waals surface area (Å²) in [6.07, 6.45) is -6.02. The summed E-state index contributed by atoms with van der Waals surface area (Å²) in [5.74, 6) is 0. The predicted octanol–water partition coefficient (Wildman–Crippen LogP) is 3.32. The standard InChI is InChI=1S/C12H12F3NO/c13-12(14,15)7-1-2-11(17)10-5-3-9(8-16)4-6-10/h3-6,11,17H,1-2,7H2. The Bertz CT molecular complexity index is 392. The molecule has 0 fully saturated rings. The molecule has 1 atom stereocenters. The Hall–Kier alpha value is -1.54. The molecular weight excluding hydrogens is 231 g/mol. The number of aliphatic hydroxyl groups excluding tert-OH is 1. The van der Waals surface area contributed by atoms with E-state index in [0.29, 0.717) is 11.1 Å². The molecule has 0 heterocycles. The molecule has 0 aliphatic rings. The molecule has 0 aliphatic carbocycles. The van der Waals surface area contributed by atoms with Crippen molar-refractivity contribution in [3.63, 3.8) is 0 Å². The van der Waals surface area contributed by atoms with Crippen LogP contribution >= 0.6 is 0 Å². The average molecular weight is 243 g/mol. The van der Waals surface area contributed by atoms with Crippen LogP contribution in [0, 0.1) is 11.3 Å². The summed E-state index contributed by atoms with van der Waals surface area (Å²) in [6.45, 7) is 0. The van der Waals surface area contributed by atoms with Crippen LogP contribution < -0.4 is 0 Å². The third-order valence-corrected chi connectivity index (χ3v) is 2.36. The highest BCUT2D eigenvalue weighted by atomic mass is 19.4. The monoisotopic (exact) mass is 243 g/mol. The maximum atomic E-state index is 11.9. The number of aliphatic hydroxyl groups is 1. The van der Waals surface area contributed by atoms with Gasteiger partial charge in [-0.25, -0.2) is 0 Å². The minimum Gasteiger partial charge on any atom is -0.388 e. The minimum absolute atomic E-state index is 0.0609. The van der Waals surface area contributed by atoms with Crippen LogP contribution in [-0.2, 0) is 0 Å². The van der Waals surface area contributed by atoms with Crippen LogP contribution in [0.1, 0.15) is 36.5 Å². The Morgan fingerprint density at radius 1 is 1.24 bits per heavy atom. The van der Waals surface area contributed by atoms with Crippen molar-refractivity contribution in [3.8, 4) is 6.07 Å². The molecular formula is C12H12F3NO. The number of alkyl halides is 3. The Labute approximate surface area is 97.3 Å². The lowest BCUT2D eigenvalue weighted by Crippen LogP contribution is -2.08. The van der Waals surface area contributed by atoms with Crippen molar-refractivity contribution in [2.45, 2.75) is 31.5 Å². The van der Waals surface area contributed by atoms with E-state index >= 15 is 0 Å². The molecule has 0 aliphatic heterocycles. The zero-order valence-electron chi connectivity index (χ0n) is 9.04. The minimum atomic E-state index is -4.18. The third kappa shape index (κ3) is 4.87. The van der Waals surface area contributed by atoms with Crippen molar-refractivity contribution in [2.24, 2.45) is 0 Å². The normalized spacial score (nSPS) is 13.1. The summed E-state index contributed by atoms with van der Waals surface area (Å²) in [4.78, 5) is 0. The van der Waals surface area contributed by atoms with Gasteiger partial charge in [-0.15, -0.1) is 0 Å². The van der Waals surface area contributed by atoms with E-state index < -0.39 is 18.7 Å². The first-order valence-corrected chi connectivity index (χ1v) is 5.17. The summed E-state index contributed by atoms with van der Waals surface area (Å²) in [6, 6.07) is 8.09. The highest BCUT2D eigenvalue weighted by Crippen LogP contribution is 2.26. The van der Waals surface area contributed by atoms with Crippen LogP contribution in [0.3, 0.4) is 0 Å². The number of benzene rings is 1. The largest absolute Gasteiger partial charge is 0.389 e. The molecule has 1 aromatic rings. The van der Waals surface area contributed by atoms with Gasteiger partial charge in [0, 0.05) is 6.42 Å². The van der Waals surface area contributed by atoms with Crippen LogP contribution in [-0.4, -0.2) is 11.3 Å². The molecule has 0 radical (unpaired) electrons. The van der Waals surface area contributed by atoms with Crippen molar-refractivity contribution in [1.82, 2.24) is 0 Å². The van der Waals surface area contributed by atoms with Gasteiger partial charge in [0.25, 0.3) is 0 Å². The number of hydrogen-bond acceptors (Lipinski definition) is 2. The van der Waals surface area contributed by atoms with Gasteiger partial charge >= 0.3 is 6.18 Å². The van der Waals surface area contributed by atoms with E-state index in [1.807, 2.05) is 6.07 Å². The zero-order chi connectivity index (χ0) is 12.9. The Morgan fingerprint density at radius 3 is 2.29 bits per heavy atom. The molecule has 0 saturated carbocycles. The molecule has 0 spiro atoms. The molecule has 5 heteroatoms. The maximum absolute atomic E-state index is 11.9. The van der Waals surface area contributed by atoms with Crippen LogP contribution in [0.2, 0.25) is 0 Å². The first kappa shape index (κ1) is 13.5. The van der Waals surface area contributed by atoms with Crippen LogP contribution in [0.5, 0.6) is 0 Å². The fourth-order valence-electron chi connectivity index (χ4n) is 1.44. The Morgan fingerprint density at radius 2 is 1.82 bits per heavy atom. The first-order valence-electron chi connectivity index (χ1n) is 5.17. The average Bonchev–Trinajstić information content (AvgIpc) is 2.27. The molecule has 2 nitrogen and oxygen atoms in total. The maximum Gasteiger partial charge on any atom is 0.389 e. The van der Waals surface area contributed by atoms with E-state index in [4.69, 9.17) is 5.26 Å². The molecule has 1 unspecified atom stereocenters. The predicted molar refractivity (Wildman–Crippen MR) is 56.0 cm³/mol. The highest BCUT2D eigenvalue weighted by molar-refractivity contribution is 5.32. The molecule has 92 valence electrons. The second-order valence-electron chi connectivity index (χ2n) is 3.76. The number of nitriles is 1. The second-order valence-corrected chi connectivity index (χ2v) is 3.76. The van der Waals surface area contributed by atoms with Crippen molar-refractivity contribution >= 4 is 0 Å². The molecule has 0 amide bonds. The quantitative estimate of drug-likeness (QED) is 0.881. The summed E-state index contributed by atoms with van der Waals surface area (Å²) in [5.41, 5.74) is 0.988. The van der Waals surface area contributed by atoms with Crippen LogP contribution in [0.4, 0.5) is 13.2 Å². The zero-order valence-corrected chi connectivity index (χ0v) is 9.04. The molecule has 1 rings (SSSR count). The van der Waals surface area contributed by atoms with Crippen molar-refractivity contribution in [2.75, 3.05) is 0 Å². The first-order chi connectivity index (χ1) is 7.92. The third-order valence-electron chi connectivity index (χ3n) is 2.36. The summed E-state index contributed by atoms with van der Waals surface area (Å²) in [5, 5.41) is 18.2. The van der Waals surface area contributed by atoms with Gasteiger partial charge in [-0.3, -0.25) is 0 Å². The van der Waals surface area contributed by atoms with Gasteiger partial charge in [0.15, 0.2) is 0 Å². The fourth-order valence-corrected chi connectivity index (χ4v) is 1.44. The van der Waals surface area contributed by atoms with E-state index in [1.54, 1.807) is 12.1 Å². The van der Waals surface area contributed by atoms with Crippen LogP contribution in [0.25, 0.3) is 0 Å². The van der Waals surface area contributed by atoms with Gasteiger partial charge in [-0.2, -0.15) is 18.4 Å². The lowest BCUT2D eigenvalue weighted by molar-refractivity contribution is -0.136. The molecule has 0 bridgehead atoms. The van der Waals surface area contributed by atoms with Gasteiger partial charge < -0.3 is 5.11 Å². The molecule has 0 saturated heterocycles. The van der Waals surface area contributed by atoms with Gasteiger partial charge in [-0.1, -0.05) is 12.1 Å². The smallest absolute Gasteiger partial charge is 0.388 e. The van der Waals surface area contributed by atoms with Gasteiger partial charge in [0.1, 0.15) is 0 Å². The van der Waals surface area contributed by atoms with E-state index in [9.17, 15) is 18.3 Å². The van der Waals surface area contributed by atoms with Gasteiger partial charge in [0.2, 0.25) is 0 Å². The molecule has 17 heavy (non-hydrogen) atoms. The van der Waals surface area contributed by atoms with Crippen LogP contribution in [0.15, 0.2) is 24.3 Å². The molecule has 0 aromatic heterocycles. The summed E-state index contributed by atoms with van der Waals surface area (Å²) < 4.78 is 35.7. The van der Waals surface area contributed by atoms with Crippen molar-refractivity contribution in [3.05, 3.63) is 35.4 Å². The Kier molecular flexibility index (Phi) is 4.53. The SMILES string of the molecule is N#Cc1ccc(C(O)CCCC(F)(F)F)cc1. The van der Waals surface area contributed by atoms with Crippen molar-refractivity contribution in [1.29, 1.82) is 5.26 Å². The van der Waals surface area contributed by atoms with E-state index in [1.165, 1.54) is 12.1 Å². The number of nitrogens with zero attached hydrogens (tertiary/aromatic N) is 1. The van der Waals surface area contributed by atoms with Crippen molar-refractivity contribution < 1.29 is 18.3 Å². The topological polar surface area (TPSA) is 44.0 Å². The number of hydrogen-bond donors (Lipinski definition) is 1. The fraction of sp³-hybridized carbons (Fsp3) is 0.417. The number of rotatable bonds is 4. The van der Waals surface area contributed by atoms with Gasteiger partial charge in [0.05, 0.1) is 17.7 Å². The van der Waals surface area contributed by atoms with Gasteiger partial charge in [-0.05, 0) is 30.5 Å². The molecule has 1 aromatic carbocycles. The summed E-state index contributed by atoms with van der Waals surface area (Å²) in [7, 11) is 0. The molecule has 1 N–H and O–H groups in total. The number of halogens is 3. The highest BCUT2D eigenvalue weighted by Gasteiger charge is 2.26. The van der Waals surface area contributed by atoms with E-state index in [0.717, 1.165) is 0 Å². The lowest BCUT2D eigenvalue weighted by atomic mass is 10.0. The second kappa shape index (κ2) is 5.69. The Balaban J connectivity index is 2.47.